The second-order valence-corrected chi connectivity index (χ2v) is 2.23. The zero-order valence-corrected chi connectivity index (χ0v) is 9.35. The van der Waals surface area contributed by atoms with E-state index in [0.717, 1.165) is 0 Å². The molecule has 0 saturated carbocycles. The smallest absolute Gasteiger partial charge is 0.0832 e. The topological polar surface area (TPSA) is 9.23 Å². The second-order valence-electron chi connectivity index (χ2n) is 1.77. The fourth-order valence-corrected chi connectivity index (χ4v) is 0.500. The van der Waals surface area contributed by atoms with Gasteiger partial charge in [-0.2, -0.15) is 3.84 Å². The molecule has 0 heterocycles. The van der Waals surface area contributed by atoms with Crippen LogP contribution in [0.1, 0.15) is 39.5 Å². The SMILES string of the molecule is CCCCCC.ClOCl.[V]. The molecule has 0 aromatic carbocycles. The van der Waals surface area contributed by atoms with Crippen LogP contribution >= 0.6 is 23.7 Å². The zero-order chi connectivity index (χ0) is 7.54. The summed E-state index contributed by atoms with van der Waals surface area (Å²) >= 11 is 8.53. The number of unbranched alkanes of at least 4 members (excludes halogenated alkanes) is 3. The van der Waals surface area contributed by atoms with E-state index < -0.39 is 0 Å². The van der Waals surface area contributed by atoms with Gasteiger partial charge in [-0.3, -0.25) is 0 Å². The van der Waals surface area contributed by atoms with Gasteiger partial charge in [0.2, 0.25) is 0 Å². The molecule has 0 amide bonds. The van der Waals surface area contributed by atoms with Crippen molar-refractivity contribution in [1.82, 2.24) is 0 Å². The van der Waals surface area contributed by atoms with Crippen LogP contribution in [0.15, 0.2) is 0 Å². The van der Waals surface area contributed by atoms with Gasteiger partial charge in [-0.1, -0.05) is 39.5 Å². The van der Waals surface area contributed by atoms with Crippen molar-refractivity contribution in [2.75, 3.05) is 0 Å². The second kappa shape index (κ2) is 22.5. The Labute approximate surface area is 85.6 Å². The monoisotopic (exact) mass is 223 g/mol. The minimum absolute atomic E-state index is 0. The van der Waals surface area contributed by atoms with Gasteiger partial charge < -0.3 is 0 Å². The van der Waals surface area contributed by atoms with Crippen molar-refractivity contribution >= 4 is 23.7 Å². The van der Waals surface area contributed by atoms with Crippen LogP contribution in [0.4, 0.5) is 0 Å². The van der Waals surface area contributed by atoms with Crippen LogP contribution < -0.4 is 0 Å². The summed E-state index contributed by atoms with van der Waals surface area (Å²) in [7, 11) is 0. The normalized spacial score (nSPS) is 7.20. The Balaban J connectivity index is -0.000000107. The van der Waals surface area contributed by atoms with Crippen molar-refractivity contribution < 1.29 is 22.4 Å². The van der Waals surface area contributed by atoms with Gasteiger partial charge in [-0.15, -0.1) is 0 Å². The predicted octanol–water partition coefficient (Wildman–Crippen LogP) is 3.89. The maximum absolute atomic E-state index is 4.26. The maximum atomic E-state index is 4.26. The van der Waals surface area contributed by atoms with Crippen molar-refractivity contribution in [2.45, 2.75) is 39.5 Å². The standard InChI is InChI=1S/C6H14.Cl2O.V/c1-3-5-6-4-2;1-3-2;/h3-6H2,1-2H3;;. The van der Waals surface area contributed by atoms with Crippen molar-refractivity contribution in [3.8, 4) is 0 Å². The van der Waals surface area contributed by atoms with Gasteiger partial charge in [0.1, 0.15) is 0 Å². The van der Waals surface area contributed by atoms with Crippen LogP contribution in [0.2, 0.25) is 0 Å². The Morgan fingerprint density at radius 2 is 1.20 bits per heavy atom. The first kappa shape index (κ1) is 17.3. The molecule has 0 saturated heterocycles. The molecule has 1 nitrogen and oxygen atoms in total. The van der Waals surface area contributed by atoms with E-state index in [0.29, 0.717) is 0 Å². The van der Waals surface area contributed by atoms with Crippen LogP contribution in [-0.4, -0.2) is 0 Å². The minimum atomic E-state index is 0. The summed E-state index contributed by atoms with van der Waals surface area (Å²) in [5.41, 5.74) is 0. The summed E-state index contributed by atoms with van der Waals surface area (Å²) in [5, 5.41) is 0. The molecular formula is C6H14Cl2OV. The van der Waals surface area contributed by atoms with E-state index in [2.05, 4.69) is 41.4 Å². The van der Waals surface area contributed by atoms with Crippen molar-refractivity contribution in [1.29, 1.82) is 0 Å². The van der Waals surface area contributed by atoms with Gasteiger partial charge in [0.05, 0.1) is 23.7 Å². The first-order valence-electron chi connectivity index (χ1n) is 3.22. The van der Waals surface area contributed by atoms with Gasteiger partial charge in [0.15, 0.2) is 0 Å². The molecule has 0 unspecified atom stereocenters. The molecule has 0 N–H and O–H groups in total. The summed E-state index contributed by atoms with van der Waals surface area (Å²) < 4.78 is 3.19. The number of halogens is 2. The average molecular weight is 224 g/mol. The van der Waals surface area contributed by atoms with Crippen LogP contribution in [0, 0.1) is 0 Å². The molecule has 0 bridgehead atoms. The Bertz CT molecular complexity index is 34.9. The fraction of sp³-hybridized carbons (Fsp3) is 1.00. The quantitative estimate of drug-likeness (QED) is 0.660. The Hall–Kier alpha value is 1.12. The van der Waals surface area contributed by atoms with Crippen molar-refractivity contribution in [2.24, 2.45) is 0 Å². The van der Waals surface area contributed by atoms with E-state index >= 15 is 0 Å². The van der Waals surface area contributed by atoms with Gasteiger partial charge >= 0.3 is 0 Å². The van der Waals surface area contributed by atoms with Gasteiger partial charge in [0.25, 0.3) is 0 Å². The first-order chi connectivity index (χ1) is 4.33. The number of rotatable bonds is 3. The van der Waals surface area contributed by atoms with Gasteiger partial charge in [-0.05, 0) is 0 Å². The summed E-state index contributed by atoms with van der Waals surface area (Å²) in [5.74, 6) is 0. The van der Waals surface area contributed by atoms with E-state index in [-0.39, 0.29) is 18.6 Å². The molecule has 0 aliphatic carbocycles. The van der Waals surface area contributed by atoms with E-state index in [1.807, 2.05) is 0 Å². The third-order valence-electron chi connectivity index (χ3n) is 0.957. The first-order valence-corrected chi connectivity index (χ1v) is 3.84. The van der Waals surface area contributed by atoms with Crippen molar-refractivity contribution in [3.05, 3.63) is 0 Å². The third kappa shape index (κ3) is 35.4. The third-order valence-corrected chi connectivity index (χ3v) is 0.957. The molecule has 0 fully saturated rings. The average Bonchev–Trinajstić information content (AvgIpc) is 1.86. The van der Waals surface area contributed by atoms with E-state index in [1.54, 1.807) is 0 Å². The zero-order valence-electron chi connectivity index (χ0n) is 6.44. The molecule has 4 heteroatoms. The van der Waals surface area contributed by atoms with Gasteiger partial charge in [-0.25, -0.2) is 0 Å². The Morgan fingerprint density at radius 3 is 1.30 bits per heavy atom. The number of hydrogen-bond donors (Lipinski definition) is 0. The summed E-state index contributed by atoms with van der Waals surface area (Å²) in [6.07, 6.45) is 5.54. The molecule has 0 atom stereocenters. The summed E-state index contributed by atoms with van der Waals surface area (Å²) in [6, 6.07) is 0. The van der Waals surface area contributed by atoms with Crippen LogP contribution in [-0.2, 0) is 22.4 Å². The molecule has 63 valence electrons. The molecule has 0 spiro atoms. The van der Waals surface area contributed by atoms with Crippen LogP contribution in [0.3, 0.4) is 0 Å². The Kier molecular flexibility index (Phi) is 38.8. The number of hydrogen-bond acceptors (Lipinski definition) is 1. The summed E-state index contributed by atoms with van der Waals surface area (Å²) in [4.78, 5) is 0. The minimum Gasteiger partial charge on any atom is -0.166 e. The van der Waals surface area contributed by atoms with Crippen LogP contribution in [0.25, 0.3) is 0 Å². The molecule has 1 radical (unpaired) electrons. The van der Waals surface area contributed by atoms with E-state index in [1.165, 1.54) is 25.7 Å². The van der Waals surface area contributed by atoms with E-state index in [9.17, 15) is 0 Å². The maximum Gasteiger partial charge on any atom is 0.0832 e. The van der Waals surface area contributed by atoms with Crippen LogP contribution in [0.5, 0.6) is 0 Å². The molecule has 0 aliphatic rings. The Morgan fingerprint density at radius 1 is 1.00 bits per heavy atom. The fourth-order valence-electron chi connectivity index (χ4n) is 0.500. The molecule has 0 rings (SSSR count). The van der Waals surface area contributed by atoms with E-state index in [4.69, 9.17) is 0 Å². The molecular weight excluding hydrogens is 210 g/mol. The summed E-state index contributed by atoms with van der Waals surface area (Å²) in [6.45, 7) is 4.46. The van der Waals surface area contributed by atoms with Crippen molar-refractivity contribution in [3.63, 3.8) is 0 Å². The molecule has 0 aromatic rings. The predicted molar refractivity (Wildman–Crippen MR) is 42.6 cm³/mol. The molecule has 0 aliphatic heterocycles. The molecule has 10 heavy (non-hydrogen) atoms. The molecule has 0 aromatic heterocycles. The largest absolute Gasteiger partial charge is 0.166 e. The van der Waals surface area contributed by atoms with Gasteiger partial charge in [0, 0.05) is 18.6 Å².